The lowest BCUT2D eigenvalue weighted by Gasteiger charge is -2.38. The van der Waals surface area contributed by atoms with E-state index in [2.05, 4.69) is 46.2 Å². The van der Waals surface area contributed by atoms with Gasteiger partial charge >= 0.3 is 0 Å². The van der Waals surface area contributed by atoms with E-state index in [9.17, 15) is 5.11 Å². The van der Waals surface area contributed by atoms with Gasteiger partial charge in [0.25, 0.3) is 0 Å². The fraction of sp³-hybridized carbons (Fsp3) is 0.476. The van der Waals surface area contributed by atoms with Crippen molar-refractivity contribution in [1.29, 1.82) is 0 Å². The molecule has 2 heteroatoms. The standard InChI is InChI=1S/C21H29NO/c1-7-17(21(5,6)14-20(2,3)4)13-16-11-10-15-9-8-12-22-18(15)19(16)23/h7-12,17,23H,1,13-14H2,2-6H3. The molecule has 0 bridgehead atoms. The monoisotopic (exact) mass is 311 g/mol. The molecule has 0 saturated heterocycles. The van der Waals surface area contributed by atoms with Crippen molar-refractivity contribution in [2.75, 3.05) is 0 Å². The van der Waals surface area contributed by atoms with Crippen molar-refractivity contribution in [2.45, 2.75) is 47.5 Å². The Labute approximate surface area is 140 Å². The number of fused-ring (bicyclic) bond motifs is 1. The molecule has 124 valence electrons. The number of phenols is 1. The van der Waals surface area contributed by atoms with Crippen molar-refractivity contribution in [3.63, 3.8) is 0 Å². The molecule has 2 aromatic rings. The van der Waals surface area contributed by atoms with Crippen LogP contribution in [0.15, 0.2) is 43.1 Å². The molecule has 1 unspecified atom stereocenters. The number of benzene rings is 1. The molecular formula is C21H29NO. The molecule has 1 aromatic heterocycles. The quantitative estimate of drug-likeness (QED) is 0.713. The van der Waals surface area contributed by atoms with Crippen LogP contribution in [-0.4, -0.2) is 10.1 Å². The molecule has 0 fully saturated rings. The minimum absolute atomic E-state index is 0.117. The van der Waals surface area contributed by atoms with E-state index in [4.69, 9.17) is 0 Å². The zero-order valence-electron chi connectivity index (χ0n) is 15.1. The zero-order valence-corrected chi connectivity index (χ0v) is 15.1. The van der Waals surface area contributed by atoms with E-state index in [1.165, 1.54) is 0 Å². The minimum Gasteiger partial charge on any atom is -0.505 e. The van der Waals surface area contributed by atoms with E-state index in [-0.39, 0.29) is 10.8 Å². The molecule has 0 saturated carbocycles. The highest BCUT2D eigenvalue weighted by Crippen LogP contribution is 2.42. The summed E-state index contributed by atoms with van der Waals surface area (Å²) in [5.41, 5.74) is 2.01. The lowest BCUT2D eigenvalue weighted by atomic mass is 9.67. The van der Waals surface area contributed by atoms with Crippen LogP contribution < -0.4 is 0 Å². The molecule has 2 rings (SSSR count). The number of rotatable bonds is 5. The van der Waals surface area contributed by atoms with Crippen LogP contribution >= 0.6 is 0 Å². The highest BCUT2D eigenvalue weighted by atomic mass is 16.3. The molecule has 23 heavy (non-hydrogen) atoms. The molecule has 1 atom stereocenters. The summed E-state index contributed by atoms with van der Waals surface area (Å²) in [6, 6.07) is 7.91. The maximum atomic E-state index is 10.6. The number of nitrogens with zero attached hydrogens (tertiary/aromatic N) is 1. The molecule has 0 aliphatic heterocycles. The average Bonchev–Trinajstić information content (AvgIpc) is 2.44. The minimum atomic E-state index is 0.117. The molecule has 0 radical (unpaired) electrons. The van der Waals surface area contributed by atoms with Crippen LogP contribution in [0.2, 0.25) is 0 Å². The van der Waals surface area contributed by atoms with Crippen LogP contribution in [0, 0.1) is 16.7 Å². The van der Waals surface area contributed by atoms with Gasteiger partial charge in [-0.1, -0.05) is 58.9 Å². The summed E-state index contributed by atoms with van der Waals surface area (Å²) in [5, 5.41) is 11.6. The van der Waals surface area contributed by atoms with E-state index in [1.807, 2.05) is 30.3 Å². The van der Waals surface area contributed by atoms with Crippen LogP contribution in [0.5, 0.6) is 5.75 Å². The maximum absolute atomic E-state index is 10.6. The van der Waals surface area contributed by atoms with Crippen molar-refractivity contribution < 1.29 is 5.11 Å². The molecule has 0 spiro atoms. The lowest BCUT2D eigenvalue weighted by Crippen LogP contribution is -2.29. The average molecular weight is 311 g/mol. The molecule has 2 nitrogen and oxygen atoms in total. The van der Waals surface area contributed by atoms with Gasteiger partial charge < -0.3 is 5.11 Å². The van der Waals surface area contributed by atoms with Gasteiger partial charge in [0.05, 0.1) is 0 Å². The summed E-state index contributed by atoms with van der Waals surface area (Å²) in [6.07, 6.45) is 5.64. The van der Waals surface area contributed by atoms with Gasteiger partial charge in [0.2, 0.25) is 0 Å². The van der Waals surface area contributed by atoms with E-state index in [0.717, 1.165) is 23.8 Å². The topological polar surface area (TPSA) is 33.1 Å². The summed E-state index contributed by atoms with van der Waals surface area (Å²) in [5.74, 6) is 0.607. The molecule has 1 aromatic carbocycles. The summed E-state index contributed by atoms with van der Waals surface area (Å²) in [6.45, 7) is 15.4. The van der Waals surface area contributed by atoms with Crippen molar-refractivity contribution in [3.05, 3.63) is 48.7 Å². The second-order valence-corrected chi connectivity index (χ2v) is 8.42. The number of phenolic OH excluding ortho intramolecular Hbond substituents is 1. The van der Waals surface area contributed by atoms with Gasteiger partial charge in [-0.15, -0.1) is 6.58 Å². The van der Waals surface area contributed by atoms with Gasteiger partial charge in [-0.05, 0) is 41.2 Å². The Morgan fingerprint density at radius 1 is 1.17 bits per heavy atom. The first kappa shape index (κ1) is 17.5. The van der Waals surface area contributed by atoms with Crippen molar-refractivity contribution in [2.24, 2.45) is 16.7 Å². The Morgan fingerprint density at radius 2 is 1.87 bits per heavy atom. The van der Waals surface area contributed by atoms with Crippen LogP contribution in [0.4, 0.5) is 0 Å². The van der Waals surface area contributed by atoms with Crippen LogP contribution in [0.1, 0.15) is 46.6 Å². The van der Waals surface area contributed by atoms with Crippen LogP contribution in [-0.2, 0) is 6.42 Å². The first-order chi connectivity index (χ1) is 10.6. The SMILES string of the molecule is C=CC(Cc1ccc2cccnc2c1O)C(C)(C)CC(C)(C)C. The molecule has 0 amide bonds. The normalized spacial score (nSPS) is 14.0. The third-order valence-corrected chi connectivity index (χ3v) is 4.55. The Balaban J connectivity index is 2.32. The number of hydrogen-bond acceptors (Lipinski definition) is 2. The first-order valence-corrected chi connectivity index (χ1v) is 8.32. The van der Waals surface area contributed by atoms with E-state index in [0.29, 0.717) is 17.2 Å². The van der Waals surface area contributed by atoms with Crippen LogP contribution in [0.25, 0.3) is 10.9 Å². The third-order valence-electron chi connectivity index (χ3n) is 4.55. The highest BCUT2D eigenvalue weighted by molar-refractivity contribution is 5.85. The van der Waals surface area contributed by atoms with Crippen LogP contribution in [0.3, 0.4) is 0 Å². The summed E-state index contributed by atoms with van der Waals surface area (Å²) in [4.78, 5) is 4.32. The van der Waals surface area contributed by atoms with Crippen molar-refractivity contribution in [1.82, 2.24) is 4.98 Å². The summed E-state index contributed by atoms with van der Waals surface area (Å²) >= 11 is 0. The molecule has 1 heterocycles. The van der Waals surface area contributed by atoms with E-state index >= 15 is 0 Å². The van der Waals surface area contributed by atoms with E-state index in [1.54, 1.807) is 6.20 Å². The second-order valence-electron chi connectivity index (χ2n) is 8.42. The summed E-state index contributed by atoms with van der Waals surface area (Å²) < 4.78 is 0. The van der Waals surface area contributed by atoms with Gasteiger partial charge in [-0.3, -0.25) is 4.98 Å². The zero-order chi connectivity index (χ0) is 17.3. The second kappa shape index (κ2) is 6.35. The van der Waals surface area contributed by atoms with Gasteiger partial charge in [-0.25, -0.2) is 0 Å². The largest absolute Gasteiger partial charge is 0.505 e. The Bertz CT molecular complexity index is 695. The first-order valence-electron chi connectivity index (χ1n) is 8.32. The lowest BCUT2D eigenvalue weighted by molar-refractivity contribution is 0.157. The highest BCUT2D eigenvalue weighted by Gasteiger charge is 2.32. The fourth-order valence-electron chi connectivity index (χ4n) is 3.75. The molecular weight excluding hydrogens is 282 g/mol. The molecule has 0 aliphatic rings. The van der Waals surface area contributed by atoms with Gasteiger partial charge in [0.15, 0.2) is 0 Å². The van der Waals surface area contributed by atoms with Gasteiger partial charge in [-0.2, -0.15) is 0 Å². The van der Waals surface area contributed by atoms with E-state index < -0.39 is 0 Å². The Morgan fingerprint density at radius 3 is 2.48 bits per heavy atom. The number of allylic oxidation sites excluding steroid dienone is 1. The van der Waals surface area contributed by atoms with Crippen molar-refractivity contribution >= 4 is 10.9 Å². The smallest absolute Gasteiger partial charge is 0.145 e. The van der Waals surface area contributed by atoms with Crippen molar-refractivity contribution in [3.8, 4) is 5.75 Å². The van der Waals surface area contributed by atoms with Gasteiger partial charge in [0, 0.05) is 11.6 Å². The summed E-state index contributed by atoms with van der Waals surface area (Å²) in [7, 11) is 0. The molecule has 0 aliphatic carbocycles. The Hall–Kier alpha value is -1.83. The fourth-order valence-corrected chi connectivity index (χ4v) is 3.75. The number of aromatic hydroxyl groups is 1. The predicted molar refractivity (Wildman–Crippen MR) is 98.7 cm³/mol. The predicted octanol–water partition coefficient (Wildman–Crippen LogP) is 5.75. The van der Waals surface area contributed by atoms with Gasteiger partial charge in [0.1, 0.15) is 11.3 Å². The number of hydrogen-bond donors (Lipinski definition) is 1. The Kier molecular flexibility index (Phi) is 4.84. The third kappa shape index (κ3) is 4.13. The number of aromatic nitrogens is 1. The molecule has 1 N–H and O–H groups in total. The number of pyridine rings is 1. The maximum Gasteiger partial charge on any atom is 0.145 e.